The summed E-state index contributed by atoms with van der Waals surface area (Å²) in [5.41, 5.74) is 3.68. The zero-order valence-corrected chi connectivity index (χ0v) is 15.5. The van der Waals surface area contributed by atoms with E-state index in [1.54, 1.807) is 4.90 Å². The molecule has 1 aromatic rings. The number of carbonyl (C=O) groups is 1. The molecule has 1 amide bonds. The summed E-state index contributed by atoms with van der Waals surface area (Å²) in [5, 5.41) is 0.821. The first-order valence-electron chi connectivity index (χ1n) is 8.75. The molecule has 24 heavy (non-hydrogen) atoms. The lowest BCUT2D eigenvalue weighted by Gasteiger charge is -2.20. The third kappa shape index (κ3) is 3.36. The van der Waals surface area contributed by atoms with E-state index in [0.717, 1.165) is 28.7 Å². The predicted molar refractivity (Wildman–Crippen MR) is 104 cm³/mol. The lowest BCUT2D eigenvalue weighted by atomic mass is 10.1. The molecule has 2 saturated heterocycles. The van der Waals surface area contributed by atoms with Crippen LogP contribution < -0.4 is 4.90 Å². The summed E-state index contributed by atoms with van der Waals surface area (Å²) in [6, 6.07) is 6.49. The van der Waals surface area contributed by atoms with Crippen molar-refractivity contribution in [1.29, 1.82) is 0 Å². The smallest absolute Gasteiger partial charge is 0.266 e. The third-order valence-corrected chi connectivity index (χ3v) is 5.51. The van der Waals surface area contributed by atoms with Gasteiger partial charge in [-0.15, -0.1) is 0 Å². The summed E-state index contributed by atoms with van der Waals surface area (Å²) in [6.45, 7) is 9.80. The van der Waals surface area contributed by atoms with E-state index < -0.39 is 0 Å². The summed E-state index contributed by atoms with van der Waals surface area (Å²) in [7, 11) is 0. The van der Waals surface area contributed by atoms with Gasteiger partial charge in [0.25, 0.3) is 5.91 Å². The van der Waals surface area contributed by atoms with Gasteiger partial charge < -0.3 is 4.90 Å². The molecule has 0 radical (unpaired) electrons. The fourth-order valence-electron chi connectivity index (χ4n) is 3.27. The van der Waals surface area contributed by atoms with Crippen molar-refractivity contribution in [2.45, 2.75) is 33.6 Å². The molecule has 2 heterocycles. The quantitative estimate of drug-likeness (QED) is 0.778. The predicted octanol–water partition coefficient (Wildman–Crippen LogP) is 3.91. The number of benzene rings is 1. The van der Waals surface area contributed by atoms with Gasteiger partial charge in [-0.1, -0.05) is 6.07 Å². The Hall–Kier alpha value is -1.75. The molecule has 2 fully saturated rings. The number of hydrogen-bond acceptors (Lipinski definition) is 4. The number of thioether (sulfide) groups is 1. The Balaban J connectivity index is 1.84. The van der Waals surface area contributed by atoms with E-state index >= 15 is 0 Å². The number of nitrogens with zero attached hydrogens (tertiary/aromatic N) is 3. The van der Waals surface area contributed by atoms with Crippen molar-refractivity contribution in [3.8, 4) is 0 Å². The monoisotopic (exact) mass is 343 g/mol. The maximum absolute atomic E-state index is 12.5. The Labute approximate surface area is 148 Å². The van der Waals surface area contributed by atoms with Crippen LogP contribution in [-0.2, 0) is 4.79 Å². The molecular weight excluding hydrogens is 318 g/mol. The minimum Gasteiger partial charge on any atom is -0.371 e. The SMILES string of the molecule is CCN=C1SC(=Cc2ccc(N3CCCC3)c(C)c2)C(=O)N1CC. The molecule has 0 aliphatic carbocycles. The fraction of sp³-hybridized carbons (Fsp3) is 0.474. The number of amidine groups is 1. The number of likely N-dealkylation sites (N-methyl/N-ethyl adjacent to an activating group) is 1. The van der Waals surface area contributed by atoms with Gasteiger partial charge in [0.15, 0.2) is 5.17 Å². The van der Waals surface area contributed by atoms with Crippen LogP contribution in [0.5, 0.6) is 0 Å². The van der Waals surface area contributed by atoms with Crippen LogP contribution in [0, 0.1) is 6.92 Å². The van der Waals surface area contributed by atoms with Gasteiger partial charge in [-0.3, -0.25) is 14.7 Å². The van der Waals surface area contributed by atoms with Crippen LogP contribution in [0.2, 0.25) is 0 Å². The number of hydrogen-bond donors (Lipinski definition) is 0. The van der Waals surface area contributed by atoms with E-state index in [2.05, 4.69) is 35.0 Å². The molecule has 0 N–H and O–H groups in total. The van der Waals surface area contributed by atoms with Crippen molar-refractivity contribution in [3.05, 3.63) is 34.2 Å². The van der Waals surface area contributed by atoms with Crippen molar-refractivity contribution >= 4 is 34.6 Å². The molecular formula is C19H25N3OS. The number of aliphatic imine (C=N–C) groups is 1. The number of amides is 1. The minimum atomic E-state index is 0.0657. The maximum atomic E-state index is 12.5. The molecule has 0 spiro atoms. The lowest BCUT2D eigenvalue weighted by molar-refractivity contribution is -0.122. The van der Waals surface area contributed by atoms with Crippen molar-refractivity contribution in [3.63, 3.8) is 0 Å². The van der Waals surface area contributed by atoms with Gasteiger partial charge >= 0.3 is 0 Å². The second kappa shape index (κ2) is 7.43. The highest BCUT2D eigenvalue weighted by Crippen LogP contribution is 2.33. The highest BCUT2D eigenvalue weighted by molar-refractivity contribution is 8.18. The lowest BCUT2D eigenvalue weighted by Crippen LogP contribution is -2.28. The van der Waals surface area contributed by atoms with Crippen LogP contribution in [0.25, 0.3) is 6.08 Å². The standard InChI is InChI=1S/C19H25N3OS/c1-4-20-19-22(5-2)18(23)17(24-19)13-15-8-9-16(14(3)12-15)21-10-6-7-11-21/h8-9,12-13H,4-7,10-11H2,1-3H3. The number of aryl methyl sites for hydroxylation is 1. The van der Waals surface area contributed by atoms with Crippen molar-refractivity contribution in [1.82, 2.24) is 4.90 Å². The van der Waals surface area contributed by atoms with E-state index in [0.29, 0.717) is 13.1 Å². The van der Waals surface area contributed by atoms with Crippen LogP contribution in [0.3, 0.4) is 0 Å². The number of carbonyl (C=O) groups excluding carboxylic acids is 1. The average Bonchev–Trinajstić information content (AvgIpc) is 3.17. The minimum absolute atomic E-state index is 0.0657. The Morgan fingerprint density at radius 2 is 2.00 bits per heavy atom. The van der Waals surface area contributed by atoms with Gasteiger partial charge in [-0.2, -0.15) is 0 Å². The molecule has 128 valence electrons. The molecule has 0 bridgehead atoms. The van der Waals surface area contributed by atoms with E-state index in [1.165, 1.54) is 35.9 Å². The van der Waals surface area contributed by atoms with Crippen LogP contribution in [0.1, 0.15) is 37.8 Å². The molecule has 0 aromatic heterocycles. The zero-order chi connectivity index (χ0) is 17.1. The molecule has 1 aromatic carbocycles. The number of rotatable bonds is 4. The van der Waals surface area contributed by atoms with Gasteiger partial charge in [-0.05, 0) is 74.7 Å². The topological polar surface area (TPSA) is 35.9 Å². The maximum Gasteiger partial charge on any atom is 0.266 e. The zero-order valence-electron chi connectivity index (χ0n) is 14.7. The Kier molecular flexibility index (Phi) is 5.29. The molecule has 2 aliphatic heterocycles. The van der Waals surface area contributed by atoms with E-state index in [4.69, 9.17) is 0 Å². The molecule has 0 unspecified atom stereocenters. The van der Waals surface area contributed by atoms with Crippen LogP contribution >= 0.6 is 11.8 Å². The molecule has 0 saturated carbocycles. The summed E-state index contributed by atoms with van der Waals surface area (Å²) < 4.78 is 0. The van der Waals surface area contributed by atoms with E-state index in [1.807, 2.05) is 19.9 Å². The summed E-state index contributed by atoms with van der Waals surface area (Å²) in [6.07, 6.45) is 4.56. The molecule has 0 atom stereocenters. The summed E-state index contributed by atoms with van der Waals surface area (Å²) in [4.78, 5) is 21.9. The Morgan fingerprint density at radius 1 is 1.25 bits per heavy atom. The van der Waals surface area contributed by atoms with Gasteiger partial charge in [0.2, 0.25) is 0 Å². The van der Waals surface area contributed by atoms with Crippen molar-refractivity contribution in [2.24, 2.45) is 4.99 Å². The summed E-state index contributed by atoms with van der Waals surface area (Å²) >= 11 is 1.48. The van der Waals surface area contributed by atoms with Crippen LogP contribution in [0.4, 0.5) is 5.69 Å². The highest BCUT2D eigenvalue weighted by Gasteiger charge is 2.31. The third-order valence-electron chi connectivity index (χ3n) is 4.46. The largest absolute Gasteiger partial charge is 0.371 e. The fourth-order valence-corrected chi connectivity index (χ4v) is 4.38. The normalized spacial score (nSPS) is 21.5. The highest BCUT2D eigenvalue weighted by atomic mass is 32.2. The second-order valence-corrected chi connectivity index (χ2v) is 7.17. The molecule has 4 nitrogen and oxygen atoms in total. The summed E-state index contributed by atoms with van der Waals surface area (Å²) in [5.74, 6) is 0.0657. The Bertz CT molecular complexity index is 690. The molecule has 3 rings (SSSR count). The van der Waals surface area contributed by atoms with Crippen molar-refractivity contribution < 1.29 is 4.79 Å². The van der Waals surface area contributed by atoms with Gasteiger partial charge in [0.1, 0.15) is 0 Å². The Morgan fingerprint density at radius 3 is 2.62 bits per heavy atom. The second-order valence-electron chi connectivity index (χ2n) is 6.16. The van der Waals surface area contributed by atoms with Crippen LogP contribution in [0.15, 0.2) is 28.1 Å². The first-order valence-corrected chi connectivity index (χ1v) is 9.57. The average molecular weight is 343 g/mol. The van der Waals surface area contributed by atoms with Crippen molar-refractivity contribution in [2.75, 3.05) is 31.1 Å². The van der Waals surface area contributed by atoms with Crippen LogP contribution in [-0.4, -0.2) is 42.2 Å². The van der Waals surface area contributed by atoms with E-state index in [9.17, 15) is 4.79 Å². The van der Waals surface area contributed by atoms with Gasteiger partial charge in [-0.25, -0.2) is 0 Å². The van der Waals surface area contributed by atoms with Gasteiger partial charge in [0.05, 0.1) is 4.91 Å². The number of anilines is 1. The molecule has 2 aliphatic rings. The molecule has 5 heteroatoms. The first-order chi connectivity index (χ1) is 11.6. The van der Waals surface area contributed by atoms with E-state index in [-0.39, 0.29) is 5.91 Å². The first kappa shape index (κ1) is 17.1. The van der Waals surface area contributed by atoms with Gasteiger partial charge in [0, 0.05) is 31.9 Å².